The topological polar surface area (TPSA) is 55.1 Å². The predicted molar refractivity (Wildman–Crippen MR) is 68.5 cm³/mol. The third-order valence-electron chi connectivity index (χ3n) is 2.33. The second-order valence-electron chi connectivity index (χ2n) is 3.56. The van der Waals surface area contributed by atoms with Crippen molar-refractivity contribution in [3.63, 3.8) is 0 Å². The van der Waals surface area contributed by atoms with Gasteiger partial charge in [0, 0.05) is 4.90 Å². The monoisotopic (exact) mass is 238 g/mol. The molecule has 0 aliphatic rings. The van der Waals surface area contributed by atoms with Gasteiger partial charge in [-0.05, 0) is 36.9 Å². The molecule has 1 unspecified atom stereocenters. The fraction of sp³-hybridized carbons (Fsp3) is 0.417. The van der Waals surface area contributed by atoms with E-state index < -0.39 is 0 Å². The zero-order valence-corrected chi connectivity index (χ0v) is 10.5. The Balaban J connectivity index is 2.79. The van der Waals surface area contributed by atoms with Gasteiger partial charge in [-0.1, -0.05) is 19.1 Å². The Labute approximate surface area is 101 Å². The highest BCUT2D eigenvalue weighted by Crippen LogP contribution is 2.19. The lowest BCUT2D eigenvalue weighted by Gasteiger charge is -2.15. The number of carbonyl (C=O) groups excluding carboxylic acids is 1. The summed E-state index contributed by atoms with van der Waals surface area (Å²) in [6.45, 7) is 2.85. The highest BCUT2D eigenvalue weighted by atomic mass is 32.2. The lowest BCUT2D eigenvalue weighted by molar-refractivity contribution is -0.120. The summed E-state index contributed by atoms with van der Waals surface area (Å²) in [6, 6.07) is 7.52. The van der Waals surface area contributed by atoms with Crippen LogP contribution in [0.3, 0.4) is 0 Å². The number of benzene rings is 1. The van der Waals surface area contributed by atoms with Gasteiger partial charge in [0.25, 0.3) is 0 Å². The van der Waals surface area contributed by atoms with Crippen LogP contribution in [0, 0.1) is 0 Å². The van der Waals surface area contributed by atoms with Crippen LogP contribution in [0.1, 0.15) is 24.9 Å². The van der Waals surface area contributed by atoms with Crippen LogP contribution in [0.15, 0.2) is 29.2 Å². The third-order valence-corrected chi connectivity index (χ3v) is 3.08. The second-order valence-corrected chi connectivity index (χ2v) is 4.44. The Morgan fingerprint density at radius 1 is 1.44 bits per heavy atom. The number of hydrogen-bond donors (Lipinski definition) is 2. The van der Waals surface area contributed by atoms with E-state index in [1.54, 1.807) is 11.8 Å². The van der Waals surface area contributed by atoms with E-state index in [0.717, 1.165) is 18.5 Å². The van der Waals surface area contributed by atoms with Gasteiger partial charge in [-0.25, -0.2) is 0 Å². The van der Waals surface area contributed by atoms with Crippen molar-refractivity contribution in [1.82, 2.24) is 5.32 Å². The highest BCUT2D eigenvalue weighted by Gasteiger charge is 2.16. The minimum Gasteiger partial charge on any atom is -0.368 e. The maximum atomic E-state index is 11.3. The van der Waals surface area contributed by atoms with E-state index in [2.05, 4.69) is 12.2 Å². The van der Waals surface area contributed by atoms with Crippen molar-refractivity contribution in [3.8, 4) is 0 Å². The average Bonchev–Trinajstić information content (AvgIpc) is 2.30. The first-order chi connectivity index (χ1) is 7.69. The molecule has 1 aromatic carbocycles. The molecule has 0 saturated heterocycles. The molecule has 0 radical (unpaired) electrons. The molecule has 1 atom stereocenters. The van der Waals surface area contributed by atoms with Crippen LogP contribution in [0.25, 0.3) is 0 Å². The Bertz CT molecular complexity index is 337. The Hall–Kier alpha value is -1.00. The number of thioether (sulfide) groups is 1. The first kappa shape index (κ1) is 13.1. The fourth-order valence-electron chi connectivity index (χ4n) is 1.47. The summed E-state index contributed by atoms with van der Waals surface area (Å²) in [5.74, 6) is -0.328. The Kier molecular flexibility index (Phi) is 5.35. The number of nitrogens with one attached hydrogen (secondary N) is 1. The van der Waals surface area contributed by atoms with Crippen molar-refractivity contribution in [2.75, 3.05) is 12.8 Å². The average molecular weight is 238 g/mol. The second kappa shape index (κ2) is 6.55. The first-order valence-corrected chi connectivity index (χ1v) is 6.58. The van der Waals surface area contributed by atoms with Crippen molar-refractivity contribution >= 4 is 17.7 Å². The van der Waals surface area contributed by atoms with Gasteiger partial charge >= 0.3 is 0 Å². The third kappa shape index (κ3) is 3.54. The Morgan fingerprint density at radius 2 is 2.06 bits per heavy atom. The molecular formula is C12H18N2OS. The highest BCUT2D eigenvalue weighted by molar-refractivity contribution is 7.98. The van der Waals surface area contributed by atoms with Crippen LogP contribution in [-0.2, 0) is 4.79 Å². The maximum Gasteiger partial charge on any atom is 0.239 e. The van der Waals surface area contributed by atoms with Gasteiger partial charge in [-0.2, -0.15) is 0 Å². The van der Waals surface area contributed by atoms with Crippen LogP contribution in [0.2, 0.25) is 0 Å². The fourth-order valence-corrected chi connectivity index (χ4v) is 1.88. The molecule has 1 rings (SSSR count). The van der Waals surface area contributed by atoms with Crippen LogP contribution in [0.4, 0.5) is 0 Å². The van der Waals surface area contributed by atoms with E-state index in [1.807, 2.05) is 30.5 Å². The van der Waals surface area contributed by atoms with E-state index >= 15 is 0 Å². The summed E-state index contributed by atoms with van der Waals surface area (Å²) in [6.07, 6.45) is 3.00. The zero-order chi connectivity index (χ0) is 12.0. The van der Waals surface area contributed by atoms with Gasteiger partial charge in [0.05, 0.1) is 0 Å². The molecule has 0 aliphatic heterocycles. The van der Waals surface area contributed by atoms with Gasteiger partial charge in [-0.3, -0.25) is 4.79 Å². The van der Waals surface area contributed by atoms with Crippen molar-refractivity contribution in [2.24, 2.45) is 5.73 Å². The summed E-state index contributed by atoms with van der Waals surface area (Å²) >= 11 is 1.68. The normalized spacial score (nSPS) is 12.4. The molecule has 3 N–H and O–H groups in total. The number of primary amides is 1. The lowest BCUT2D eigenvalue weighted by Crippen LogP contribution is -2.34. The molecule has 16 heavy (non-hydrogen) atoms. The minimum atomic E-state index is -0.379. The van der Waals surface area contributed by atoms with E-state index in [4.69, 9.17) is 5.73 Å². The number of nitrogens with two attached hydrogens (primary N) is 1. The molecule has 0 fully saturated rings. The lowest BCUT2D eigenvalue weighted by atomic mass is 10.1. The number of amides is 1. The van der Waals surface area contributed by atoms with E-state index in [9.17, 15) is 4.79 Å². The van der Waals surface area contributed by atoms with Crippen molar-refractivity contribution in [2.45, 2.75) is 24.3 Å². The van der Waals surface area contributed by atoms with Gasteiger partial charge in [0.15, 0.2) is 0 Å². The molecule has 4 heteroatoms. The molecule has 0 aromatic heterocycles. The quantitative estimate of drug-likeness (QED) is 0.745. The number of rotatable bonds is 6. The van der Waals surface area contributed by atoms with E-state index in [0.29, 0.717) is 0 Å². The first-order valence-electron chi connectivity index (χ1n) is 5.35. The molecule has 1 aromatic rings. The largest absolute Gasteiger partial charge is 0.368 e. The van der Waals surface area contributed by atoms with Crippen molar-refractivity contribution in [1.29, 1.82) is 0 Å². The molecule has 88 valence electrons. The van der Waals surface area contributed by atoms with Gasteiger partial charge in [0.1, 0.15) is 6.04 Å². The summed E-state index contributed by atoms with van der Waals surface area (Å²) in [5.41, 5.74) is 6.30. The maximum absolute atomic E-state index is 11.3. The standard InChI is InChI=1S/C12H18N2OS/c1-3-8-14-11(12(13)15)9-4-6-10(16-2)7-5-9/h4-7,11,14H,3,8H2,1-2H3,(H2,13,15). The van der Waals surface area contributed by atoms with Crippen LogP contribution < -0.4 is 11.1 Å². The van der Waals surface area contributed by atoms with Crippen molar-refractivity contribution in [3.05, 3.63) is 29.8 Å². The summed E-state index contributed by atoms with van der Waals surface area (Å²) < 4.78 is 0. The van der Waals surface area contributed by atoms with E-state index in [-0.39, 0.29) is 11.9 Å². The molecular weight excluding hydrogens is 220 g/mol. The molecule has 0 heterocycles. The molecule has 0 bridgehead atoms. The van der Waals surface area contributed by atoms with E-state index in [1.165, 1.54) is 4.90 Å². The molecule has 0 spiro atoms. The Morgan fingerprint density at radius 3 is 2.50 bits per heavy atom. The van der Waals surface area contributed by atoms with Gasteiger partial charge in [-0.15, -0.1) is 11.8 Å². The van der Waals surface area contributed by atoms with Gasteiger partial charge in [0.2, 0.25) is 5.91 Å². The molecule has 0 saturated carbocycles. The molecule has 1 amide bonds. The van der Waals surface area contributed by atoms with Crippen LogP contribution in [0.5, 0.6) is 0 Å². The van der Waals surface area contributed by atoms with Gasteiger partial charge < -0.3 is 11.1 Å². The number of carbonyl (C=O) groups is 1. The summed E-state index contributed by atoms with van der Waals surface area (Å²) in [5, 5.41) is 3.14. The summed E-state index contributed by atoms with van der Waals surface area (Å²) in [7, 11) is 0. The minimum absolute atomic E-state index is 0.328. The zero-order valence-electron chi connectivity index (χ0n) is 9.69. The van der Waals surface area contributed by atoms with Crippen molar-refractivity contribution < 1.29 is 4.79 Å². The molecule has 3 nitrogen and oxygen atoms in total. The predicted octanol–water partition coefficient (Wildman–Crippen LogP) is 1.93. The van der Waals surface area contributed by atoms with Crippen LogP contribution in [-0.4, -0.2) is 18.7 Å². The smallest absolute Gasteiger partial charge is 0.239 e. The summed E-state index contributed by atoms with van der Waals surface area (Å²) in [4.78, 5) is 12.5. The number of hydrogen-bond acceptors (Lipinski definition) is 3. The molecule has 0 aliphatic carbocycles. The van der Waals surface area contributed by atoms with Crippen LogP contribution >= 0.6 is 11.8 Å². The SMILES string of the molecule is CCCNC(C(N)=O)c1ccc(SC)cc1.